The van der Waals surface area contributed by atoms with Crippen molar-refractivity contribution in [2.45, 2.75) is 32.5 Å². The summed E-state index contributed by atoms with van der Waals surface area (Å²) in [5.74, 6) is -1.74. The van der Waals surface area contributed by atoms with Gasteiger partial charge in [-0.25, -0.2) is 9.18 Å². The predicted octanol–water partition coefficient (Wildman–Crippen LogP) is 3.58. The number of ether oxygens (including phenoxy) is 1. The molecule has 8 heteroatoms. The van der Waals surface area contributed by atoms with Crippen LogP contribution in [-0.4, -0.2) is 46.8 Å². The normalized spacial score (nSPS) is 14.9. The van der Waals surface area contributed by atoms with E-state index in [1.807, 2.05) is 24.3 Å². The number of esters is 1. The number of halogens is 1. The Labute approximate surface area is 196 Å². The molecule has 0 unspecified atom stereocenters. The molecule has 2 aromatic carbocycles. The summed E-state index contributed by atoms with van der Waals surface area (Å²) in [4.78, 5) is 41.7. The minimum absolute atomic E-state index is 0.125. The molecule has 4 rings (SSSR count). The average molecular weight is 464 g/mol. The lowest BCUT2D eigenvalue weighted by molar-refractivity contribution is -0.156. The van der Waals surface area contributed by atoms with Crippen LogP contribution in [0.1, 0.15) is 34.2 Å². The van der Waals surface area contributed by atoms with Crippen molar-refractivity contribution >= 4 is 17.8 Å². The number of furan rings is 1. The molecule has 7 nitrogen and oxygen atoms in total. The molecule has 2 amide bonds. The molecule has 0 saturated carbocycles. The molecule has 0 fully saturated rings. The lowest BCUT2D eigenvalue weighted by Gasteiger charge is -2.35. The molecule has 0 radical (unpaired) electrons. The van der Waals surface area contributed by atoms with E-state index >= 15 is 0 Å². The molecule has 1 aliphatic heterocycles. The maximum absolute atomic E-state index is 13.5. The summed E-state index contributed by atoms with van der Waals surface area (Å²) in [6.07, 6.45) is 1.67. The van der Waals surface area contributed by atoms with E-state index in [9.17, 15) is 18.8 Å². The summed E-state index contributed by atoms with van der Waals surface area (Å²) in [6.45, 7) is 2.12. The first-order valence-electron chi connectivity index (χ1n) is 11.1. The number of amides is 2. The minimum atomic E-state index is -0.890. The van der Waals surface area contributed by atoms with Gasteiger partial charge in [-0.2, -0.15) is 0 Å². The van der Waals surface area contributed by atoms with Crippen LogP contribution in [0, 0.1) is 5.82 Å². The number of carbonyl (C=O) groups is 3. The maximum atomic E-state index is 13.5. The van der Waals surface area contributed by atoms with Gasteiger partial charge in [0.25, 0.3) is 11.8 Å². The molecular weight excluding hydrogens is 439 g/mol. The van der Waals surface area contributed by atoms with E-state index in [0.717, 1.165) is 11.1 Å². The third-order valence-corrected chi connectivity index (χ3v) is 5.85. The zero-order chi connectivity index (χ0) is 24.1. The van der Waals surface area contributed by atoms with Crippen LogP contribution in [0.4, 0.5) is 4.39 Å². The van der Waals surface area contributed by atoms with Crippen molar-refractivity contribution in [2.24, 2.45) is 0 Å². The van der Waals surface area contributed by atoms with Crippen molar-refractivity contribution in [2.75, 3.05) is 13.2 Å². The molecule has 0 bridgehead atoms. The Bertz CT molecular complexity index is 1180. The molecule has 1 aliphatic rings. The summed E-state index contributed by atoms with van der Waals surface area (Å²) in [6, 6.07) is 15.8. The molecule has 34 heavy (non-hydrogen) atoms. The lowest BCUT2D eigenvalue weighted by atomic mass is 9.93. The summed E-state index contributed by atoms with van der Waals surface area (Å²) >= 11 is 0. The van der Waals surface area contributed by atoms with E-state index in [1.165, 1.54) is 28.2 Å². The number of carbonyl (C=O) groups excluding carboxylic acids is 3. The molecule has 2 heterocycles. The fraction of sp³-hybridized carbons (Fsp3) is 0.269. The van der Waals surface area contributed by atoms with Gasteiger partial charge < -0.3 is 19.0 Å². The van der Waals surface area contributed by atoms with Crippen molar-refractivity contribution in [3.05, 3.63) is 95.2 Å². The van der Waals surface area contributed by atoms with Crippen LogP contribution >= 0.6 is 0 Å². The molecule has 0 saturated heterocycles. The van der Waals surface area contributed by atoms with Gasteiger partial charge >= 0.3 is 5.97 Å². The third-order valence-electron chi connectivity index (χ3n) is 5.85. The first-order valence-corrected chi connectivity index (χ1v) is 11.1. The molecule has 176 valence electrons. The Kier molecular flexibility index (Phi) is 7.06. The molecule has 1 atom stereocenters. The van der Waals surface area contributed by atoms with Crippen molar-refractivity contribution < 1.29 is 27.9 Å². The van der Waals surface area contributed by atoms with Crippen LogP contribution in [0.2, 0.25) is 0 Å². The number of fused-ring (bicyclic) bond motifs is 1. The van der Waals surface area contributed by atoms with Crippen LogP contribution in [-0.2, 0) is 33.8 Å². The molecule has 0 spiro atoms. The Hall–Kier alpha value is -3.94. The smallest absolute Gasteiger partial charge is 0.329 e. The van der Waals surface area contributed by atoms with E-state index in [2.05, 4.69) is 0 Å². The van der Waals surface area contributed by atoms with Gasteiger partial charge in [-0.05, 0) is 47.9 Å². The van der Waals surface area contributed by atoms with Crippen molar-refractivity contribution in [3.8, 4) is 0 Å². The van der Waals surface area contributed by atoms with Crippen molar-refractivity contribution in [3.63, 3.8) is 0 Å². The van der Waals surface area contributed by atoms with Gasteiger partial charge in [-0.3, -0.25) is 9.59 Å². The predicted molar refractivity (Wildman–Crippen MR) is 121 cm³/mol. The average Bonchev–Trinajstić information content (AvgIpc) is 3.39. The largest absolute Gasteiger partial charge is 0.459 e. The van der Waals surface area contributed by atoms with Crippen LogP contribution in [0.25, 0.3) is 0 Å². The zero-order valence-electron chi connectivity index (χ0n) is 18.8. The molecule has 1 aromatic heterocycles. The first kappa shape index (κ1) is 23.2. The SMILES string of the molecule is CCN(Cc1cccc(F)c1)C(=O)COC(=O)[C@@H]1Cc2ccccc2CN1C(=O)c1ccco1. The molecular formula is C26H25FN2O5. The van der Waals surface area contributed by atoms with E-state index in [4.69, 9.17) is 9.15 Å². The summed E-state index contributed by atoms with van der Waals surface area (Å²) in [5.41, 5.74) is 2.52. The number of likely N-dealkylation sites (N-methyl/N-ethyl adjacent to an activating group) is 1. The summed E-state index contributed by atoms with van der Waals surface area (Å²) in [7, 11) is 0. The fourth-order valence-electron chi connectivity index (χ4n) is 4.04. The molecule has 0 aliphatic carbocycles. The highest BCUT2D eigenvalue weighted by molar-refractivity contribution is 5.95. The minimum Gasteiger partial charge on any atom is -0.459 e. The standard InChI is InChI=1S/C26H25FN2O5/c1-2-28(15-18-7-5-10-21(27)13-18)24(30)17-34-26(32)22-14-19-8-3-4-9-20(19)16-29(22)25(31)23-11-6-12-33-23/h3-13,22H,2,14-17H2,1H3/t22-/m0/s1. The quantitative estimate of drug-likeness (QED) is 0.500. The number of rotatable bonds is 7. The van der Waals surface area contributed by atoms with Crippen molar-refractivity contribution in [1.82, 2.24) is 9.80 Å². The van der Waals surface area contributed by atoms with Gasteiger partial charge in [-0.15, -0.1) is 0 Å². The van der Waals surface area contributed by atoms with Gasteiger partial charge in [0.2, 0.25) is 0 Å². The monoisotopic (exact) mass is 464 g/mol. The topological polar surface area (TPSA) is 80.1 Å². The highest BCUT2D eigenvalue weighted by atomic mass is 19.1. The number of nitrogens with zero attached hydrogens (tertiary/aromatic N) is 2. The second-order valence-electron chi connectivity index (χ2n) is 8.04. The summed E-state index contributed by atoms with van der Waals surface area (Å²) < 4.78 is 24.1. The number of benzene rings is 2. The Morgan fingerprint density at radius 3 is 2.59 bits per heavy atom. The first-order chi connectivity index (χ1) is 16.5. The third kappa shape index (κ3) is 5.17. The summed E-state index contributed by atoms with van der Waals surface area (Å²) in [5, 5.41) is 0. The Morgan fingerprint density at radius 1 is 1.09 bits per heavy atom. The molecule has 0 N–H and O–H groups in total. The second kappa shape index (κ2) is 10.3. The van der Waals surface area contributed by atoms with Crippen LogP contribution < -0.4 is 0 Å². The van der Waals surface area contributed by atoms with Crippen LogP contribution in [0.3, 0.4) is 0 Å². The van der Waals surface area contributed by atoms with Gasteiger partial charge in [0.1, 0.15) is 11.9 Å². The van der Waals surface area contributed by atoms with Crippen LogP contribution in [0.5, 0.6) is 0 Å². The van der Waals surface area contributed by atoms with E-state index < -0.39 is 30.4 Å². The Morgan fingerprint density at radius 2 is 1.88 bits per heavy atom. The zero-order valence-corrected chi connectivity index (χ0v) is 18.8. The second-order valence-corrected chi connectivity index (χ2v) is 8.04. The van der Waals surface area contributed by atoms with Gasteiger partial charge in [0.05, 0.1) is 6.26 Å². The fourth-order valence-corrected chi connectivity index (χ4v) is 4.04. The maximum Gasteiger partial charge on any atom is 0.329 e. The highest BCUT2D eigenvalue weighted by Gasteiger charge is 2.37. The van der Waals surface area contributed by atoms with E-state index in [1.54, 1.807) is 31.2 Å². The van der Waals surface area contributed by atoms with Gasteiger partial charge in [-0.1, -0.05) is 36.4 Å². The van der Waals surface area contributed by atoms with E-state index in [-0.39, 0.29) is 31.1 Å². The highest BCUT2D eigenvalue weighted by Crippen LogP contribution is 2.26. The molecule has 3 aromatic rings. The lowest BCUT2D eigenvalue weighted by Crippen LogP contribution is -2.49. The van der Waals surface area contributed by atoms with Gasteiger partial charge in [0.15, 0.2) is 12.4 Å². The Balaban J connectivity index is 1.45. The van der Waals surface area contributed by atoms with E-state index in [0.29, 0.717) is 12.1 Å². The number of hydrogen-bond acceptors (Lipinski definition) is 5. The van der Waals surface area contributed by atoms with Crippen LogP contribution in [0.15, 0.2) is 71.3 Å². The van der Waals surface area contributed by atoms with Crippen molar-refractivity contribution in [1.29, 1.82) is 0 Å². The van der Waals surface area contributed by atoms with Gasteiger partial charge in [0, 0.05) is 26.1 Å². The number of hydrogen-bond donors (Lipinski definition) is 0.